The molecule has 0 unspecified atom stereocenters. The molecule has 3 rings (SSSR count). The molecule has 0 aromatic heterocycles. The highest BCUT2D eigenvalue weighted by Gasteiger charge is 2.29. The van der Waals surface area contributed by atoms with Crippen LogP contribution in [0.15, 0.2) is 48.5 Å². The minimum atomic E-state index is -0.522. The lowest BCUT2D eigenvalue weighted by molar-refractivity contribution is 0.0601. The fourth-order valence-electron chi connectivity index (χ4n) is 3.68. The van der Waals surface area contributed by atoms with Crippen molar-refractivity contribution in [2.45, 2.75) is 32.8 Å². The zero-order chi connectivity index (χ0) is 22.4. The maximum atomic E-state index is 13.1. The number of nitrogens with zero attached hydrogens (tertiary/aromatic N) is 1. The van der Waals surface area contributed by atoms with Crippen LogP contribution in [-0.4, -0.2) is 49.0 Å². The third-order valence-corrected chi connectivity index (χ3v) is 5.14. The number of carbonyl (C=O) groups excluding carboxylic acids is 3. The summed E-state index contributed by atoms with van der Waals surface area (Å²) < 4.78 is 10.5. The monoisotopic (exact) mass is 424 g/mol. The minimum absolute atomic E-state index is 0.00154. The van der Waals surface area contributed by atoms with Gasteiger partial charge in [0.05, 0.1) is 24.5 Å². The molecule has 1 N–H and O–H groups in total. The molecule has 7 heteroatoms. The van der Waals surface area contributed by atoms with Gasteiger partial charge in [0.25, 0.3) is 0 Å². The predicted octanol–water partition coefficient (Wildman–Crippen LogP) is 4.39. The van der Waals surface area contributed by atoms with Crippen LogP contribution in [0.4, 0.5) is 10.5 Å². The number of Topliss-reactive ketones (excluding diaryl/α,β-unsaturated/α-hetero) is 1. The van der Waals surface area contributed by atoms with Crippen molar-refractivity contribution < 1.29 is 23.9 Å². The summed E-state index contributed by atoms with van der Waals surface area (Å²) in [5, 5.41) is 2.78. The number of methoxy groups -OCH3 is 1. The summed E-state index contributed by atoms with van der Waals surface area (Å²) in [6.07, 6.45) is 1.47. The largest absolute Gasteiger partial charge is 0.491 e. The Bertz CT molecular complexity index is 956. The summed E-state index contributed by atoms with van der Waals surface area (Å²) in [4.78, 5) is 39.5. The molecule has 1 atom stereocenters. The highest BCUT2D eigenvalue weighted by atomic mass is 16.5. The molecule has 0 spiro atoms. The number of nitrogens with one attached hydrogen (secondary N) is 1. The summed E-state index contributed by atoms with van der Waals surface area (Å²) in [6, 6.07) is 13.5. The van der Waals surface area contributed by atoms with E-state index in [1.165, 1.54) is 7.11 Å². The first-order valence-electron chi connectivity index (χ1n) is 10.4. The number of urea groups is 1. The van der Waals surface area contributed by atoms with Crippen molar-refractivity contribution in [1.29, 1.82) is 0 Å². The quantitative estimate of drug-likeness (QED) is 0.549. The van der Waals surface area contributed by atoms with Crippen LogP contribution in [0.5, 0.6) is 5.75 Å². The lowest BCUT2D eigenvalue weighted by Gasteiger charge is -2.32. The number of likely N-dealkylation sites (tertiary alicyclic amines) is 1. The Hall–Kier alpha value is -3.35. The van der Waals surface area contributed by atoms with Gasteiger partial charge in [-0.3, -0.25) is 4.79 Å². The lowest BCUT2D eigenvalue weighted by Crippen LogP contribution is -2.44. The van der Waals surface area contributed by atoms with Crippen molar-refractivity contribution >= 4 is 23.5 Å². The molecule has 1 aliphatic rings. The van der Waals surface area contributed by atoms with E-state index in [-0.39, 0.29) is 29.4 Å². The standard InChI is InChI=1S/C24H28N2O5/c1-16(2)31-19-10-6-8-17(14-19)22(27)18-9-7-13-26(15-18)24(29)25-21-12-5-4-11-20(21)23(28)30-3/h4-6,8,10-12,14,16,18H,7,9,13,15H2,1-3H3,(H,25,29)/t18-/m1/s1. The van der Waals surface area contributed by atoms with Crippen LogP contribution in [0.2, 0.25) is 0 Å². The number of rotatable bonds is 6. The van der Waals surface area contributed by atoms with E-state index in [0.717, 1.165) is 12.8 Å². The summed E-state index contributed by atoms with van der Waals surface area (Å²) in [7, 11) is 1.29. The Labute approximate surface area is 182 Å². The van der Waals surface area contributed by atoms with Crippen LogP contribution < -0.4 is 10.1 Å². The highest BCUT2D eigenvalue weighted by molar-refractivity contribution is 6.01. The fraction of sp³-hybridized carbons (Fsp3) is 0.375. The van der Waals surface area contributed by atoms with Gasteiger partial charge < -0.3 is 19.7 Å². The first-order chi connectivity index (χ1) is 14.9. The van der Waals surface area contributed by atoms with E-state index in [4.69, 9.17) is 9.47 Å². The van der Waals surface area contributed by atoms with Crippen molar-refractivity contribution in [3.63, 3.8) is 0 Å². The van der Waals surface area contributed by atoms with Gasteiger partial charge in [0.2, 0.25) is 0 Å². The van der Waals surface area contributed by atoms with E-state index in [9.17, 15) is 14.4 Å². The van der Waals surface area contributed by atoms with E-state index in [1.54, 1.807) is 41.3 Å². The summed E-state index contributed by atoms with van der Waals surface area (Å²) in [5.41, 5.74) is 1.25. The Kier molecular flexibility index (Phi) is 7.28. The first kappa shape index (κ1) is 22.3. The fourth-order valence-corrected chi connectivity index (χ4v) is 3.68. The van der Waals surface area contributed by atoms with Gasteiger partial charge in [-0.2, -0.15) is 0 Å². The number of carbonyl (C=O) groups is 3. The summed E-state index contributed by atoms with van der Waals surface area (Å²) in [5.74, 6) is -0.150. The number of para-hydroxylation sites is 1. The third-order valence-electron chi connectivity index (χ3n) is 5.14. The number of benzene rings is 2. The zero-order valence-corrected chi connectivity index (χ0v) is 18.1. The molecular weight excluding hydrogens is 396 g/mol. The number of anilines is 1. The number of piperidine rings is 1. The van der Waals surface area contributed by atoms with E-state index < -0.39 is 5.97 Å². The predicted molar refractivity (Wildman–Crippen MR) is 118 cm³/mol. The van der Waals surface area contributed by atoms with Crippen LogP contribution in [-0.2, 0) is 4.74 Å². The number of hydrogen-bond acceptors (Lipinski definition) is 5. The number of esters is 1. The zero-order valence-electron chi connectivity index (χ0n) is 18.1. The Morgan fingerprint density at radius 2 is 1.87 bits per heavy atom. The van der Waals surface area contributed by atoms with Crippen molar-refractivity contribution in [2.24, 2.45) is 5.92 Å². The average Bonchev–Trinajstić information content (AvgIpc) is 2.78. The average molecular weight is 424 g/mol. The van der Waals surface area contributed by atoms with Crippen molar-refractivity contribution in [3.05, 3.63) is 59.7 Å². The Morgan fingerprint density at radius 3 is 2.61 bits per heavy atom. The molecule has 1 aliphatic heterocycles. The molecule has 2 amide bonds. The molecule has 0 aliphatic carbocycles. The second-order valence-corrected chi connectivity index (χ2v) is 7.81. The van der Waals surface area contributed by atoms with Crippen LogP contribution in [0, 0.1) is 5.92 Å². The molecular formula is C24H28N2O5. The van der Waals surface area contributed by atoms with Gasteiger partial charge in [0.15, 0.2) is 5.78 Å². The first-order valence-corrected chi connectivity index (χ1v) is 10.4. The smallest absolute Gasteiger partial charge is 0.339 e. The molecule has 2 aromatic carbocycles. The molecule has 7 nitrogen and oxygen atoms in total. The number of amides is 2. The van der Waals surface area contributed by atoms with Gasteiger partial charge in [0.1, 0.15) is 5.75 Å². The van der Waals surface area contributed by atoms with Gasteiger partial charge in [-0.15, -0.1) is 0 Å². The SMILES string of the molecule is COC(=O)c1ccccc1NC(=O)N1CCC[C@@H](C(=O)c2cccc(OC(C)C)c2)C1. The normalized spacial score (nSPS) is 16.0. The molecule has 2 aromatic rings. The molecule has 1 fully saturated rings. The van der Waals surface area contributed by atoms with Crippen LogP contribution >= 0.6 is 0 Å². The number of ether oxygens (including phenoxy) is 2. The Morgan fingerprint density at radius 1 is 1.10 bits per heavy atom. The highest BCUT2D eigenvalue weighted by Crippen LogP contribution is 2.25. The van der Waals surface area contributed by atoms with Gasteiger partial charge in [-0.25, -0.2) is 9.59 Å². The van der Waals surface area contributed by atoms with Gasteiger partial charge >= 0.3 is 12.0 Å². The second-order valence-electron chi connectivity index (χ2n) is 7.81. The third kappa shape index (κ3) is 5.63. The van der Waals surface area contributed by atoms with Gasteiger partial charge in [-0.05, 0) is 51.0 Å². The summed E-state index contributed by atoms with van der Waals surface area (Å²) >= 11 is 0. The van der Waals surface area contributed by atoms with E-state index in [2.05, 4.69) is 5.32 Å². The van der Waals surface area contributed by atoms with E-state index in [1.807, 2.05) is 26.0 Å². The summed E-state index contributed by atoms with van der Waals surface area (Å²) in [6.45, 7) is 4.74. The molecule has 1 heterocycles. The van der Waals surface area contributed by atoms with Crippen LogP contribution in [0.1, 0.15) is 47.4 Å². The van der Waals surface area contributed by atoms with Crippen LogP contribution in [0.25, 0.3) is 0 Å². The maximum absolute atomic E-state index is 13.1. The van der Waals surface area contributed by atoms with E-state index in [0.29, 0.717) is 30.1 Å². The van der Waals surface area contributed by atoms with Gasteiger partial charge in [-0.1, -0.05) is 24.3 Å². The van der Waals surface area contributed by atoms with Crippen molar-refractivity contribution in [1.82, 2.24) is 4.90 Å². The van der Waals surface area contributed by atoms with Crippen molar-refractivity contribution in [3.8, 4) is 5.75 Å². The molecule has 0 bridgehead atoms. The second kappa shape index (κ2) is 10.1. The van der Waals surface area contributed by atoms with Gasteiger partial charge in [0, 0.05) is 24.6 Å². The van der Waals surface area contributed by atoms with Crippen LogP contribution in [0.3, 0.4) is 0 Å². The topological polar surface area (TPSA) is 84.9 Å². The Balaban J connectivity index is 1.69. The molecule has 1 saturated heterocycles. The molecule has 164 valence electrons. The van der Waals surface area contributed by atoms with Crippen molar-refractivity contribution in [2.75, 3.05) is 25.5 Å². The maximum Gasteiger partial charge on any atom is 0.339 e. The minimum Gasteiger partial charge on any atom is -0.491 e. The molecule has 0 radical (unpaired) electrons. The lowest BCUT2D eigenvalue weighted by atomic mass is 9.90. The van der Waals surface area contributed by atoms with E-state index >= 15 is 0 Å². The number of ketones is 1. The number of hydrogen-bond donors (Lipinski definition) is 1. The molecule has 31 heavy (non-hydrogen) atoms. The molecule has 0 saturated carbocycles.